The van der Waals surface area contributed by atoms with Gasteiger partial charge in [-0.05, 0) is 71.3 Å². The Morgan fingerprint density at radius 3 is 1.95 bits per heavy atom. The van der Waals surface area contributed by atoms with Gasteiger partial charge in [0.1, 0.15) is 47.1 Å². The van der Waals surface area contributed by atoms with Crippen LogP contribution >= 0.6 is 7.82 Å². The van der Waals surface area contributed by atoms with E-state index in [4.69, 9.17) is 28.0 Å². The Morgan fingerprint density at radius 1 is 0.850 bits per heavy atom. The Morgan fingerprint density at radius 2 is 1.40 bits per heavy atom. The maximum absolute atomic E-state index is 13.6. The molecule has 16 nitrogen and oxygen atoms in total. The SMILES string of the molecule is COc1ccc(C(OC[C@H]2O[C@@H](n3ccc(NC(=O)c4ccccc4)nc3=O)C[C@@H]2OP(=O)(O)Oc2ccc([N+](=O)[O-])cc2)(c2ccccc2)c2ccc(OC)cc2)cc1. The number of methoxy groups -OCH3 is 2. The van der Waals surface area contributed by atoms with E-state index < -0.39 is 48.4 Å². The highest BCUT2D eigenvalue weighted by Gasteiger charge is 2.46. The number of ether oxygens (including phenoxy) is 4. The lowest BCUT2D eigenvalue weighted by Crippen LogP contribution is -2.38. The number of nitrogens with zero attached hydrogens (tertiary/aromatic N) is 3. The number of anilines is 1. The molecule has 17 heteroatoms. The number of nitro benzene ring substituents is 1. The molecule has 1 aliphatic rings. The van der Waals surface area contributed by atoms with Crippen LogP contribution in [0.4, 0.5) is 11.5 Å². The Bertz CT molecular complexity index is 2480. The Labute approximate surface area is 343 Å². The lowest BCUT2D eigenvalue weighted by molar-refractivity contribution is -0.384. The van der Waals surface area contributed by atoms with Crippen molar-refractivity contribution in [2.75, 3.05) is 26.1 Å². The van der Waals surface area contributed by atoms with Crippen LogP contribution in [0.25, 0.3) is 0 Å². The average molecular weight is 835 g/mol. The van der Waals surface area contributed by atoms with E-state index in [2.05, 4.69) is 10.3 Å². The summed E-state index contributed by atoms with van der Waals surface area (Å²) >= 11 is 0. The van der Waals surface area contributed by atoms with E-state index in [9.17, 15) is 29.2 Å². The van der Waals surface area contributed by atoms with Gasteiger partial charge in [-0.25, -0.2) is 9.36 Å². The Kier molecular flexibility index (Phi) is 12.5. The number of carbonyl (C=O) groups is 1. The number of carbonyl (C=O) groups excluding carboxylic acids is 1. The van der Waals surface area contributed by atoms with Gasteiger partial charge in [0.25, 0.3) is 11.6 Å². The third-order valence-electron chi connectivity index (χ3n) is 9.77. The summed E-state index contributed by atoms with van der Waals surface area (Å²) in [5.41, 5.74) is 0.155. The number of benzene rings is 5. The van der Waals surface area contributed by atoms with E-state index in [0.717, 1.165) is 17.7 Å². The number of phosphoric ester groups is 1. The van der Waals surface area contributed by atoms with Gasteiger partial charge in [0.05, 0.1) is 25.7 Å². The van der Waals surface area contributed by atoms with E-state index in [1.54, 1.807) is 68.8 Å². The quantitative estimate of drug-likeness (QED) is 0.0427. The van der Waals surface area contributed by atoms with Crippen molar-refractivity contribution < 1.29 is 47.2 Å². The smallest absolute Gasteiger partial charge is 0.497 e. The third-order valence-corrected chi connectivity index (χ3v) is 10.8. The van der Waals surface area contributed by atoms with E-state index in [1.807, 2.05) is 54.6 Å². The fraction of sp³-hybridized carbons (Fsp3) is 0.186. The van der Waals surface area contributed by atoms with Crippen LogP contribution in [0.1, 0.15) is 39.7 Å². The van der Waals surface area contributed by atoms with Crippen molar-refractivity contribution in [1.29, 1.82) is 0 Å². The van der Waals surface area contributed by atoms with Crippen LogP contribution in [-0.2, 0) is 24.2 Å². The first kappa shape index (κ1) is 41.5. The molecule has 1 amide bonds. The van der Waals surface area contributed by atoms with Crippen molar-refractivity contribution in [3.63, 3.8) is 0 Å². The van der Waals surface area contributed by atoms with Crippen LogP contribution in [0.15, 0.2) is 151 Å². The molecule has 1 aromatic heterocycles. The van der Waals surface area contributed by atoms with E-state index >= 15 is 0 Å². The van der Waals surface area contributed by atoms with Gasteiger partial charge in [-0.15, -0.1) is 0 Å². The number of rotatable bonds is 16. The van der Waals surface area contributed by atoms with E-state index in [1.165, 1.54) is 29.0 Å². The fourth-order valence-corrected chi connectivity index (χ4v) is 7.84. The van der Waals surface area contributed by atoms with Gasteiger partial charge in [0.2, 0.25) is 0 Å². The largest absolute Gasteiger partial charge is 0.527 e. The number of nitrogens with one attached hydrogen (secondary N) is 1. The van der Waals surface area contributed by atoms with Gasteiger partial charge in [-0.1, -0.05) is 72.8 Å². The summed E-state index contributed by atoms with van der Waals surface area (Å²) in [4.78, 5) is 51.9. The minimum atomic E-state index is -4.96. The molecule has 1 fully saturated rings. The molecule has 0 aliphatic carbocycles. The molecule has 0 saturated carbocycles. The van der Waals surface area contributed by atoms with Crippen molar-refractivity contribution in [2.45, 2.75) is 30.5 Å². The highest BCUT2D eigenvalue weighted by Crippen LogP contribution is 2.49. The zero-order valence-electron chi connectivity index (χ0n) is 32.2. The second kappa shape index (κ2) is 18.1. The van der Waals surface area contributed by atoms with Crippen LogP contribution in [-0.4, -0.2) is 58.3 Å². The minimum Gasteiger partial charge on any atom is -0.497 e. The second-order valence-corrected chi connectivity index (χ2v) is 14.8. The second-order valence-electron chi connectivity index (χ2n) is 13.5. The van der Waals surface area contributed by atoms with Crippen molar-refractivity contribution in [1.82, 2.24) is 9.55 Å². The first-order valence-corrected chi connectivity index (χ1v) is 20.0. The number of phosphoric acid groups is 1. The van der Waals surface area contributed by atoms with E-state index in [-0.39, 0.29) is 30.3 Å². The number of amides is 1. The number of hydrogen-bond donors (Lipinski definition) is 2. The van der Waals surface area contributed by atoms with Crippen LogP contribution < -0.4 is 25.0 Å². The molecule has 0 bridgehead atoms. The van der Waals surface area contributed by atoms with Gasteiger partial charge < -0.3 is 28.8 Å². The van der Waals surface area contributed by atoms with Crippen LogP contribution in [0.2, 0.25) is 0 Å². The zero-order chi connectivity index (χ0) is 42.3. The molecule has 2 heterocycles. The molecule has 1 aliphatic heterocycles. The molecular weight excluding hydrogens is 795 g/mol. The molecule has 7 rings (SSSR count). The molecule has 5 aromatic carbocycles. The predicted molar refractivity (Wildman–Crippen MR) is 218 cm³/mol. The van der Waals surface area contributed by atoms with Gasteiger partial charge in [-0.2, -0.15) is 4.98 Å². The Hall–Kier alpha value is -6.68. The zero-order valence-corrected chi connectivity index (χ0v) is 33.1. The fourth-order valence-electron chi connectivity index (χ4n) is 6.85. The molecule has 1 unspecified atom stereocenters. The molecule has 308 valence electrons. The normalized spacial score (nSPS) is 17.3. The van der Waals surface area contributed by atoms with E-state index in [0.29, 0.717) is 28.2 Å². The summed E-state index contributed by atoms with van der Waals surface area (Å²) in [6.07, 6.45) is -2.19. The number of aromatic nitrogens is 2. The summed E-state index contributed by atoms with van der Waals surface area (Å²) in [5.74, 6) is 0.596. The predicted octanol–water partition coefficient (Wildman–Crippen LogP) is 7.28. The van der Waals surface area contributed by atoms with Crippen molar-refractivity contribution in [3.05, 3.63) is 189 Å². The molecule has 1 saturated heterocycles. The number of nitro groups is 1. The highest BCUT2D eigenvalue weighted by molar-refractivity contribution is 7.47. The molecule has 2 N–H and O–H groups in total. The van der Waals surface area contributed by atoms with Gasteiger partial charge in [0, 0.05) is 30.3 Å². The molecule has 60 heavy (non-hydrogen) atoms. The number of hydrogen-bond acceptors (Lipinski definition) is 12. The van der Waals surface area contributed by atoms with Crippen molar-refractivity contribution in [2.24, 2.45) is 0 Å². The van der Waals surface area contributed by atoms with Crippen molar-refractivity contribution in [3.8, 4) is 17.2 Å². The lowest BCUT2D eigenvalue weighted by Gasteiger charge is -2.37. The summed E-state index contributed by atoms with van der Waals surface area (Å²) in [5, 5.41) is 13.8. The van der Waals surface area contributed by atoms with Gasteiger partial charge in [-0.3, -0.25) is 28.9 Å². The van der Waals surface area contributed by atoms with Gasteiger partial charge >= 0.3 is 13.5 Å². The lowest BCUT2D eigenvalue weighted by atomic mass is 9.80. The summed E-state index contributed by atoms with van der Waals surface area (Å²) in [6.45, 7) is -0.265. The standard InChI is InChI=1S/C43H39N4O12P/c1-54-34-19-13-31(14-20-34)43(30-11-7-4-8-12-30,32-15-21-35(55-2)22-16-32)56-28-38-37(59-60(52,53)58-36-23-17-33(18-24-36)47(50)51)27-40(57-38)46-26-25-39(45-42(46)49)44-41(48)29-9-5-3-6-10-29/h3-26,37-38,40H,27-28H2,1-2H3,(H,52,53)(H,44,45,48,49)/t37-,38+,40+/m0/s1. The van der Waals surface area contributed by atoms with Gasteiger partial charge in [0.15, 0.2) is 0 Å². The van der Waals surface area contributed by atoms with Crippen LogP contribution in [0.3, 0.4) is 0 Å². The maximum atomic E-state index is 13.6. The average Bonchev–Trinajstić information content (AvgIpc) is 3.65. The molecule has 6 aromatic rings. The molecular formula is C43H39N4O12P. The summed E-state index contributed by atoms with van der Waals surface area (Å²) in [6, 6.07) is 38.5. The molecule has 0 spiro atoms. The monoisotopic (exact) mass is 834 g/mol. The summed E-state index contributed by atoms with van der Waals surface area (Å²) in [7, 11) is -1.84. The third kappa shape index (κ3) is 9.28. The maximum Gasteiger partial charge on any atom is 0.527 e. The first-order valence-electron chi connectivity index (χ1n) is 18.5. The highest BCUT2D eigenvalue weighted by atomic mass is 31.2. The first-order chi connectivity index (χ1) is 29.0. The van der Waals surface area contributed by atoms with Crippen LogP contribution in [0, 0.1) is 10.1 Å². The minimum absolute atomic E-state index is 0.00114. The number of non-ortho nitro benzene ring substituents is 1. The Balaban J connectivity index is 1.23. The van der Waals surface area contributed by atoms with Crippen molar-refractivity contribution >= 4 is 25.2 Å². The summed E-state index contributed by atoms with van der Waals surface area (Å²) < 4.78 is 50.2. The topological polar surface area (TPSA) is 200 Å². The van der Waals surface area contributed by atoms with Crippen LogP contribution in [0.5, 0.6) is 17.2 Å². The molecule has 0 radical (unpaired) electrons. The molecule has 4 atom stereocenters.